The number of hydrogen-bond acceptors (Lipinski definition) is 5. The number of nitrogens with one attached hydrogen (secondary N) is 3. The van der Waals surface area contributed by atoms with Crippen LogP contribution in [0.1, 0.15) is 66.4 Å². The van der Waals surface area contributed by atoms with Crippen LogP contribution < -0.4 is 10.9 Å². The van der Waals surface area contributed by atoms with Gasteiger partial charge in [-0.3, -0.25) is 10.3 Å². The van der Waals surface area contributed by atoms with Gasteiger partial charge in [-0.1, -0.05) is 49.4 Å². The predicted octanol–water partition coefficient (Wildman–Crippen LogP) is 4.68. The number of nitrogens with zero attached hydrogens (tertiary/aromatic N) is 2. The van der Waals surface area contributed by atoms with Crippen LogP contribution in [-0.2, 0) is 13.0 Å². The monoisotopic (exact) mass is 469 g/mol. The number of aromatic amines is 1. The van der Waals surface area contributed by atoms with Gasteiger partial charge in [0.05, 0.1) is 17.9 Å². The number of benzene rings is 2. The fourth-order valence-electron chi connectivity index (χ4n) is 6.34. The molecule has 2 fully saturated rings. The summed E-state index contributed by atoms with van der Waals surface area (Å²) in [6, 6.07) is 17.2. The Morgan fingerprint density at radius 1 is 1.09 bits per heavy atom. The van der Waals surface area contributed by atoms with Crippen molar-refractivity contribution < 1.29 is 5.11 Å². The highest BCUT2D eigenvalue weighted by Gasteiger charge is 2.42. The fourth-order valence-corrected chi connectivity index (χ4v) is 6.34. The molecule has 6 nitrogen and oxygen atoms in total. The van der Waals surface area contributed by atoms with E-state index in [0.29, 0.717) is 23.6 Å². The Morgan fingerprint density at radius 3 is 2.83 bits per heavy atom. The first-order valence-electron chi connectivity index (χ1n) is 13.0. The molecule has 1 saturated heterocycles. The number of aromatic hydroxyl groups is 1. The van der Waals surface area contributed by atoms with Crippen molar-refractivity contribution in [1.82, 2.24) is 25.7 Å². The first-order chi connectivity index (χ1) is 17.2. The number of rotatable bonds is 6. The van der Waals surface area contributed by atoms with E-state index in [1.54, 1.807) is 0 Å². The van der Waals surface area contributed by atoms with Crippen LogP contribution in [0.2, 0.25) is 0 Å². The number of imidazole rings is 1. The van der Waals surface area contributed by atoms with Gasteiger partial charge in [0.2, 0.25) is 0 Å². The minimum atomic E-state index is 0.211. The molecule has 6 rings (SSSR count). The Balaban J connectivity index is 1.10. The molecule has 1 saturated carbocycles. The average molecular weight is 470 g/mol. The van der Waals surface area contributed by atoms with Crippen LogP contribution in [0.25, 0.3) is 5.57 Å². The number of aromatic nitrogens is 2. The van der Waals surface area contributed by atoms with E-state index in [4.69, 9.17) is 4.98 Å². The first-order valence-corrected chi connectivity index (χ1v) is 13.0. The van der Waals surface area contributed by atoms with Crippen molar-refractivity contribution in [2.45, 2.75) is 57.2 Å². The SMILES string of the molecule is CCc1cc(O)ccc1C1CCC2C(C1)NNC2c1ncc(C2=CCN(Cc3ccccc3)C2)[nH]1. The Kier molecular flexibility index (Phi) is 6.19. The highest BCUT2D eigenvalue weighted by molar-refractivity contribution is 5.66. The topological polar surface area (TPSA) is 76.2 Å². The zero-order valence-electron chi connectivity index (χ0n) is 20.4. The molecule has 182 valence electrons. The van der Waals surface area contributed by atoms with Crippen LogP contribution >= 0.6 is 0 Å². The summed E-state index contributed by atoms with van der Waals surface area (Å²) in [4.78, 5) is 10.9. The lowest BCUT2D eigenvalue weighted by atomic mass is 9.73. The smallest absolute Gasteiger partial charge is 0.125 e. The minimum Gasteiger partial charge on any atom is -0.508 e. The highest BCUT2D eigenvalue weighted by atomic mass is 16.3. The van der Waals surface area contributed by atoms with Crippen molar-refractivity contribution in [3.8, 4) is 5.75 Å². The molecule has 0 radical (unpaired) electrons. The van der Waals surface area contributed by atoms with Gasteiger partial charge in [-0.25, -0.2) is 10.4 Å². The highest BCUT2D eigenvalue weighted by Crippen LogP contribution is 2.44. The van der Waals surface area contributed by atoms with Crippen molar-refractivity contribution in [3.05, 3.63) is 89.0 Å². The lowest BCUT2D eigenvalue weighted by Gasteiger charge is -2.33. The second-order valence-electron chi connectivity index (χ2n) is 10.4. The zero-order valence-corrected chi connectivity index (χ0v) is 20.4. The Morgan fingerprint density at radius 2 is 1.97 bits per heavy atom. The van der Waals surface area contributed by atoms with Crippen molar-refractivity contribution in [2.24, 2.45) is 5.92 Å². The number of aryl methyl sites for hydroxylation is 1. The second-order valence-corrected chi connectivity index (χ2v) is 10.4. The quantitative estimate of drug-likeness (QED) is 0.422. The number of hydrazine groups is 1. The van der Waals surface area contributed by atoms with Crippen molar-refractivity contribution >= 4 is 5.57 Å². The van der Waals surface area contributed by atoms with Gasteiger partial charge in [0.1, 0.15) is 11.6 Å². The molecule has 0 spiro atoms. The fraction of sp³-hybridized carbons (Fsp3) is 0.414. The van der Waals surface area contributed by atoms with Gasteiger partial charge in [-0.15, -0.1) is 0 Å². The van der Waals surface area contributed by atoms with Crippen LogP contribution in [0.5, 0.6) is 5.75 Å². The number of phenols is 1. The first kappa shape index (κ1) is 22.5. The van der Waals surface area contributed by atoms with E-state index in [1.807, 2.05) is 18.3 Å². The standard InChI is InChI=1S/C29H35N5O/c1-2-20-14-23(35)9-11-24(20)21-8-10-25-26(15-21)32-33-28(25)29-30-16-27(31-29)22-12-13-34(18-22)17-19-6-4-3-5-7-19/h3-7,9,11-12,14,16,21,25-26,28,32-33,35H,2,8,10,13,15,17-18H2,1H3,(H,30,31). The Bertz CT molecular complexity index is 1200. The third-order valence-electron chi connectivity index (χ3n) is 8.18. The van der Waals surface area contributed by atoms with Crippen LogP contribution in [0.3, 0.4) is 0 Å². The van der Waals surface area contributed by atoms with Crippen LogP contribution in [0, 0.1) is 5.92 Å². The van der Waals surface area contributed by atoms with Gasteiger partial charge < -0.3 is 10.1 Å². The van der Waals surface area contributed by atoms with Gasteiger partial charge >= 0.3 is 0 Å². The van der Waals surface area contributed by atoms with E-state index in [9.17, 15) is 5.11 Å². The van der Waals surface area contributed by atoms with E-state index in [2.05, 4.69) is 70.1 Å². The van der Waals surface area contributed by atoms with Crippen molar-refractivity contribution in [2.75, 3.05) is 13.1 Å². The van der Waals surface area contributed by atoms with Crippen molar-refractivity contribution in [3.63, 3.8) is 0 Å². The summed E-state index contributed by atoms with van der Waals surface area (Å²) in [5.41, 5.74) is 13.7. The molecule has 2 aliphatic heterocycles. The molecule has 3 aromatic rings. The number of phenolic OH excluding ortho intramolecular Hbond substituents is 1. The largest absolute Gasteiger partial charge is 0.508 e. The molecule has 4 N–H and O–H groups in total. The second kappa shape index (κ2) is 9.61. The van der Waals surface area contributed by atoms with E-state index in [-0.39, 0.29) is 6.04 Å². The van der Waals surface area contributed by atoms with Crippen LogP contribution in [-0.4, -0.2) is 39.1 Å². The van der Waals surface area contributed by atoms with E-state index in [0.717, 1.165) is 50.4 Å². The van der Waals surface area contributed by atoms with E-state index >= 15 is 0 Å². The van der Waals surface area contributed by atoms with Crippen LogP contribution in [0.4, 0.5) is 0 Å². The van der Waals surface area contributed by atoms with Crippen molar-refractivity contribution in [1.29, 1.82) is 0 Å². The molecule has 4 atom stereocenters. The summed E-state index contributed by atoms with van der Waals surface area (Å²) in [5.74, 6) is 2.47. The Labute approximate surface area is 207 Å². The summed E-state index contributed by atoms with van der Waals surface area (Å²) >= 11 is 0. The zero-order chi connectivity index (χ0) is 23.8. The van der Waals surface area contributed by atoms with Gasteiger partial charge in [0.25, 0.3) is 0 Å². The third-order valence-corrected chi connectivity index (χ3v) is 8.18. The maximum Gasteiger partial charge on any atom is 0.125 e. The molecular formula is C29H35N5O. The molecule has 6 heteroatoms. The maximum absolute atomic E-state index is 9.90. The predicted molar refractivity (Wildman–Crippen MR) is 139 cm³/mol. The summed E-state index contributed by atoms with van der Waals surface area (Å²) < 4.78 is 0. The molecule has 0 amide bonds. The summed E-state index contributed by atoms with van der Waals surface area (Å²) in [6.45, 7) is 5.07. The summed E-state index contributed by atoms with van der Waals surface area (Å²) in [5, 5.41) is 9.90. The van der Waals surface area contributed by atoms with Gasteiger partial charge in [0.15, 0.2) is 0 Å². The third kappa shape index (κ3) is 4.54. The Hall–Kier alpha value is -2.93. The molecule has 2 aromatic carbocycles. The molecule has 1 aliphatic carbocycles. The molecule has 3 aliphatic rings. The normalized spacial score (nSPS) is 26.6. The summed E-state index contributed by atoms with van der Waals surface area (Å²) in [7, 11) is 0. The number of hydrogen-bond donors (Lipinski definition) is 4. The lowest BCUT2D eigenvalue weighted by molar-refractivity contribution is 0.276. The lowest BCUT2D eigenvalue weighted by Crippen LogP contribution is -2.35. The molecule has 1 aromatic heterocycles. The maximum atomic E-state index is 9.90. The number of fused-ring (bicyclic) bond motifs is 1. The van der Waals surface area contributed by atoms with Crippen LogP contribution in [0.15, 0.2) is 60.8 Å². The molecule has 0 bridgehead atoms. The minimum absolute atomic E-state index is 0.211. The number of H-pyrrole nitrogens is 1. The molecule has 4 unspecified atom stereocenters. The molecular weight excluding hydrogens is 434 g/mol. The van der Waals surface area contributed by atoms with Gasteiger partial charge in [-0.2, -0.15) is 0 Å². The molecule has 3 heterocycles. The van der Waals surface area contributed by atoms with Gasteiger partial charge in [-0.05, 0) is 71.9 Å². The average Bonchev–Trinajstić information content (AvgIpc) is 3.63. The van der Waals surface area contributed by atoms with E-state index in [1.165, 1.54) is 28.7 Å². The summed E-state index contributed by atoms with van der Waals surface area (Å²) in [6.07, 6.45) is 8.74. The van der Waals surface area contributed by atoms with E-state index < -0.39 is 0 Å². The molecule has 35 heavy (non-hydrogen) atoms. The van der Waals surface area contributed by atoms with Gasteiger partial charge in [0, 0.05) is 25.7 Å².